The normalized spacial score (nSPS) is 17.8. The van der Waals surface area contributed by atoms with Gasteiger partial charge in [-0.25, -0.2) is 4.90 Å². The highest BCUT2D eigenvalue weighted by Gasteiger charge is 2.24. The Hall–Kier alpha value is -1.03. The quantitative estimate of drug-likeness (QED) is 0.514. The van der Waals surface area contributed by atoms with Gasteiger partial charge in [0.15, 0.2) is 0 Å². The second-order valence-electron chi connectivity index (χ2n) is 2.32. The third kappa shape index (κ3) is 1.58. The van der Waals surface area contributed by atoms with E-state index in [0.29, 0.717) is 5.03 Å². The molecule has 0 saturated heterocycles. The van der Waals surface area contributed by atoms with Crippen molar-refractivity contribution in [2.75, 3.05) is 0 Å². The summed E-state index contributed by atoms with van der Waals surface area (Å²) in [6.45, 7) is 1.91. The smallest absolute Gasteiger partial charge is 0.258 e. The molecule has 0 unspecified atom stereocenters. The van der Waals surface area contributed by atoms with E-state index < -0.39 is 0 Å². The zero-order chi connectivity index (χ0) is 9.14. The van der Waals surface area contributed by atoms with E-state index >= 15 is 0 Å². The fourth-order valence-corrected chi connectivity index (χ4v) is 1.28. The highest BCUT2D eigenvalue weighted by Crippen LogP contribution is 2.15. The second kappa shape index (κ2) is 3.58. The van der Waals surface area contributed by atoms with Crippen molar-refractivity contribution < 1.29 is 9.59 Å². The predicted molar refractivity (Wildman–Crippen MR) is 48.4 cm³/mol. The maximum atomic E-state index is 11.0. The first-order valence-corrected chi connectivity index (χ1v) is 4.06. The molecule has 0 spiro atoms. The summed E-state index contributed by atoms with van der Waals surface area (Å²) in [7, 11) is 0. The Balaban J connectivity index is 2.83. The number of imide groups is 1. The average molecular weight is 183 g/mol. The SMILES string of the molecule is CC/C=C(/S)N1C(=O)C=CC1=O. The number of nitrogens with zero attached hydrogens (tertiary/aromatic N) is 1. The van der Waals surface area contributed by atoms with E-state index in [1.54, 1.807) is 6.08 Å². The largest absolute Gasteiger partial charge is 0.269 e. The number of hydrogen-bond donors (Lipinski definition) is 1. The molecule has 0 bridgehead atoms. The Morgan fingerprint density at radius 2 is 2.00 bits per heavy atom. The Morgan fingerprint density at radius 3 is 2.42 bits per heavy atom. The summed E-state index contributed by atoms with van der Waals surface area (Å²) in [6.07, 6.45) is 4.94. The first kappa shape index (κ1) is 9.06. The average Bonchev–Trinajstić information content (AvgIpc) is 2.32. The molecule has 1 rings (SSSR count). The van der Waals surface area contributed by atoms with Gasteiger partial charge in [-0.2, -0.15) is 0 Å². The third-order valence-corrected chi connectivity index (χ3v) is 1.81. The van der Waals surface area contributed by atoms with Crippen molar-refractivity contribution in [3.63, 3.8) is 0 Å². The maximum absolute atomic E-state index is 11.0. The van der Waals surface area contributed by atoms with Crippen LogP contribution in [0.2, 0.25) is 0 Å². The molecule has 4 heteroatoms. The van der Waals surface area contributed by atoms with Crippen LogP contribution in [0.4, 0.5) is 0 Å². The molecular formula is C8H9NO2S. The van der Waals surface area contributed by atoms with Crippen LogP contribution in [0.15, 0.2) is 23.3 Å². The van der Waals surface area contributed by atoms with Gasteiger partial charge in [-0.05, 0) is 6.42 Å². The molecule has 0 N–H and O–H groups in total. The minimum Gasteiger partial charge on any atom is -0.269 e. The Morgan fingerprint density at radius 1 is 1.50 bits per heavy atom. The Bertz CT molecular complexity index is 263. The molecule has 1 aliphatic rings. The van der Waals surface area contributed by atoms with Gasteiger partial charge in [0.05, 0.1) is 5.03 Å². The summed E-state index contributed by atoms with van der Waals surface area (Å²) in [5.74, 6) is -0.649. The Labute approximate surface area is 76.1 Å². The number of hydrogen-bond acceptors (Lipinski definition) is 3. The monoisotopic (exact) mass is 183 g/mol. The van der Waals surface area contributed by atoms with Gasteiger partial charge in [0.2, 0.25) is 0 Å². The van der Waals surface area contributed by atoms with Gasteiger partial charge in [0.25, 0.3) is 11.8 Å². The van der Waals surface area contributed by atoms with Gasteiger partial charge in [-0.15, -0.1) is 12.6 Å². The first-order chi connectivity index (χ1) is 5.66. The maximum Gasteiger partial charge on any atom is 0.258 e. The van der Waals surface area contributed by atoms with Crippen LogP contribution in [0.25, 0.3) is 0 Å². The van der Waals surface area contributed by atoms with Crippen LogP contribution < -0.4 is 0 Å². The molecule has 2 amide bonds. The van der Waals surface area contributed by atoms with Crippen molar-refractivity contribution in [1.29, 1.82) is 0 Å². The van der Waals surface area contributed by atoms with Crippen molar-refractivity contribution in [3.05, 3.63) is 23.3 Å². The fraction of sp³-hybridized carbons (Fsp3) is 0.250. The van der Waals surface area contributed by atoms with Crippen molar-refractivity contribution in [2.24, 2.45) is 0 Å². The van der Waals surface area contributed by atoms with E-state index in [4.69, 9.17) is 0 Å². The van der Waals surface area contributed by atoms with Gasteiger partial charge in [-0.1, -0.05) is 13.0 Å². The molecule has 0 aromatic carbocycles. The van der Waals surface area contributed by atoms with Crippen molar-refractivity contribution >= 4 is 24.4 Å². The third-order valence-electron chi connectivity index (χ3n) is 1.43. The van der Waals surface area contributed by atoms with Crippen LogP contribution >= 0.6 is 12.6 Å². The zero-order valence-electron chi connectivity index (χ0n) is 6.65. The van der Waals surface area contributed by atoms with E-state index in [2.05, 4.69) is 12.6 Å². The van der Waals surface area contributed by atoms with E-state index in [1.807, 2.05) is 6.92 Å². The van der Waals surface area contributed by atoms with Crippen LogP contribution in [0.3, 0.4) is 0 Å². The number of carbonyl (C=O) groups is 2. The lowest BCUT2D eigenvalue weighted by Gasteiger charge is -2.12. The van der Waals surface area contributed by atoms with Gasteiger partial charge in [-0.3, -0.25) is 9.59 Å². The second-order valence-corrected chi connectivity index (χ2v) is 2.77. The van der Waals surface area contributed by atoms with E-state index in [9.17, 15) is 9.59 Å². The van der Waals surface area contributed by atoms with E-state index in [0.717, 1.165) is 11.3 Å². The molecule has 0 aliphatic carbocycles. The van der Waals surface area contributed by atoms with Crippen molar-refractivity contribution in [2.45, 2.75) is 13.3 Å². The van der Waals surface area contributed by atoms with Gasteiger partial charge >= 0.3 is 0 Å². The molecule has 1 aliphatic heterocycles. The molecule has 1 heterocycles. The lowest BCUT2D eigenvalue weighted by atomic mass is 10.4. The number of carbonyl (C=O) groups excluding carboxylic acids is 2. The van der Waals surface area contributed by atoms with Gasteiger partial charge in [0.1, 0.15) is 0 Å². The lowest BCUT2D eigenvalue weighted by Crippen LogP contribution is -2.26. The summed E-state index contributed by atoms with van der Waals surface area (Å²) in [5, 5.41) is 0.400. The summed E-state index contributed by atoms with van der Waals surface area (Å²) >= 11 is 4.03. The van der Waals surface area contributed by atoms with Gasteiger partial charge < -0.3 is 0 Å². The first-order valence-electron chi connectivity index (χ1n) is 3.62. The molecule has 0 fully saturated rings. The number of allylic oxidation sites excluding steroid dienone is 1. The molecule has 0 atom stereocenters. The topological polar surface area (TPSA) is 37.4 Å². The van der Waals surface area contributed by atoms with Crippen molar-refractivity contribution in [1.82, 2.24) is 4.90 Å². The molecule has 0 aromatic heterocycles. The standard InChI is InChI=1S/C8H9NO2S/c1-2-3-8(12)9-6(10)4-5-7(9)11/h3-5,12H,2H2,1H3/b8-3+. The minimum absolute atomic E-state index is 0.324. The molecule has 3 nitrogen and oxygen atoms in total. The number of rotatable bonds is 2. The molecule has 0 aromatic rings. The van der Waals surface area contributed by atoms with E-state index in [-0.39, 0.29) is 11.8 Å². The minimum atomic E-state index is -0.324. The highest BCUT2D eigenvalue weighted by atomic mass is 32.1. The molecular weight excluding hydrogens is 174 g/mol. The van der Waals surface area contributed by atoms with Gasteiger partial charge in [0, 0.05) is 12.2 Å². The summed E-state index contributed by atoms with van der Waals surface area (Å²) in [6, 6.07) is 0. The Kier molecular flexibility index (Phi) is 2.70. The highest BCUT2D eigenvalue weighted by molar-refractivity contribution is 7.84. The summed E-state index contributed by atoms with van der Waals surface area (Å²) in [4.78, 5) is 23.1. The number of amides is 2. The van der Waals surface area contributed by atoms with Crippen molar-refractivity contribution in [3.8, 4) is 0 Å². The van der Waals surface area contributed by atoms with Crippen LogP contribution in [0, 0.1) is 0 Å². The summed E-state index contributed by atoms with van der Waals surface area (Å²) in [5.41, 5.74) is 0. The summed E-state index contributed by atoms with van der Waals surface area (Å²) < 4.78 is 0. The fourth-order valence-electron chi connectivity index (χ4n) is 0.900. The van der Waals surface area contributed by atoms with Crippen LogP contribution in [-0.4, -0.2) is 16.7 Å². The van der Waals surface area contributed by atoms with E-state index in [1.165, 1.54) is 12.2 Å². The molecule has 64 valence electrons. The molecule has 0 radical (unpaired) electrons. The van der Waals surface area contributed by atoms with Crippen LogP contribution in [-0.2, 0) is 9.59 Å². The molecule has 0 saturated carbocycles. The van der Waals surface area contributed by atoms with Crippen LogP contribution in [0.1, 0.15) is 13.3 Å². The van der Waals surface area contributed by atoms with Crippen LogP contribution in [0.5, 0.6) is 0 Å². The molecule has 12 heavy (non-hydrogen) atoms. The zero-order valence-corrected chi connectivity index (χ0v) is 7.54. The predicted octanol–water partition coefficient (Wildman–Crippen LogP) is 1.09. The lowest BCUT2D eigenvalue weighted by molar-refractivity contribution is -0.133. The number of thiol groups is 1.